The summed E-state index contributed by atoms with van der Waals surface area (Å²) < 4.78 is 0. The summed E-state index contributed by atoms with van der Waals surface area (Å²) in [4.78, 5) is 16.6. The number of hydrogen-bond acceptors (Lipinski definition) is 2. The van der Waals surface area contributed by atoms with E-state index in [1.807, 2.05) is 4.90 Å². The second kappa shape index (κ2) is 10.2. The molecular weight excluding hydrogens is 250 g/mol. The van der Waals surface area contributed by atoms with Crippen LogP contribution in [0, 0.1) is 0 Å². The van der Waals surface area contributed by atoms with E-state index in [0.717, 1.165) is 52.0 Å². The summed E-state index contributed by atoms with van der Waals surface area (Å²) in [6.45, 7) is 9.14. The zero-order chi connectivity index (χ0) is 14.8. The second-order valence-corrected chi connectivity index (χ2v) is 5.87. The average Bonchev–Trinajstić information content (AvgIpc) is 2.47. The van der Waals surface area contributed by atoms with Crippen molar-refractivity contribution in [3.8, 4) is 0 Å². The van der Waals surface area contributed by atoms with Crippen molar-refractivity contribution < 1.29 is 4.79 Å². The Labute approximate surface area is 124 Å². The Bertz CT molecular complexity index is 258. The van der Waals surface area contributed by atoms with E-state index in [2.05, 4.69) is 31.1 Å². The summed E-state index contributed by atoms with van der Waals surface area (Å²) in [6, 6.07) is 0.671. The molecule has 117 valence electrons. The number of carbonyl (C=O) groups is 1. The zero-order valence-corrected chi connectivity index (χ0v) is 13.6. The number of hydrogen-bond donors (Lipinski definition) is 0. The highest BCUT2D eigenvalue weighted by atomic mass is 16.2. The molecule has 4 heteroatoms. The Hall–Kier alpha value is -0.610. The maximum Gasteiger partial charge on any atom is 0.222 e. The van der Waals surface area contributed by atoms with E-state index in [1.165, 1.54) is 12.8 Å². The largest absolute Gasteiger partial charge is 0.343 e. The second-order valence-electron chi connectivity index (χ2n) is 5.87. The summed E-state index contributed by atoms with van der Waals surface area (Å²) in [5, 5.41) is 4.39. The number of rotatable bonds is 9. The fourth-order valence-electron chi connectivity index (χ4n) is 2.90. The molecule has 1 saturated heterocycles. The lowest BCUT2D eigenvalue weighted by Crippen LogP contribution is -2.39. The van der Waals surface area contributed by atoms with Gasteiger partial charge < -0.3 is 9.80 Å². The molecule has 0 saturated carbocycles. The molecular formula is C16H32N3O. The average molecular weight is 282 g/mol. The Morgan fingerprint density at radius 2 is 1.70 bits per heavy atom. The molecule has 0 spiro atoms. The number of amides is 1. The van der Waals surface area contributed by atoms with Gasteiger partial charge in [0.05, 0.1) is 0 Å². The third-order valence-electron chi connectivity index (χ3n) is 4.11. The van der Waals surface area contributed by atoms with Crippen molar-refractivity contribution in [2.24, 2.45) is 0 Å². The van der Waals surface area contributed by atoms with Crippen LogP contribution < -0.4 is 5.32 Å². The molecule has 0 N–H and O–H groups in total. The van der Waals surface area contributed by atoms with Crippen LogP contribution in [0.3, 0.4) is 0 Å². The quantitative estimate of drug-likeness (QED) is 0.649. The van der Waals surface area contributed by atoms with Gasteiger partial charge in [0.2, 0.25) is 5.91 Å². The van der Waals surface area contributed by atoms with Gasteiger partial charge >= 0.3 is 0 Å². The van der Waals surface area contributed by atoms with Crippen LogP contribution in [0.15, 0.2) is 0 Å². The van der Waals surface area contributed by atoms with Gasteiger partial charge in [-0.25, -0.2) is 5.32 Å². The first-order valence-electron chi connectivity index (χ1n) is 8.30. The van der Waals surface area contributed by atoms with Gasteiger partial charge in [0.15, 0.2) is 0 Å². The maximum absolute atomic E-state index is 12.2. The maximum atomic E-state index is 12.2. The van der Waals surface area contributed by atoms with Crippen LogP contribution in [0.25, 0.3) is 0 Å². The van der Waals surface area contributed by atoms with E-state index in [0.29, 0.717) is 18.4 Å². The van der Waals surface area contributed by atoms with Crippen molar-refractivity contribution in [2.75, 3.05) is 39.8 Å². The molecule has 0 aromatic rings. The van der Waals surface area contributed by atoms with Gasteiger partial charge in [0.1, 0.15) is 0 Å². The number of carbonyl (C=O) groups excluding carboxylic acids is 1. The fourth-order valence-corrected chi connectivity index (χ4v) is 2.90. The standard InChI is InChI=1S/C16H32N3O/c1-4-12-19(13-5-2)16(20)7-6-14-18(3)15-8-10-17-11-9-15/h15H,4-14H2,1-3H3. The molecule has 0 aromatic carbocycles. The van der Waals surface area contributed by atoms with Crippen molar-refractivity contribution in [1.29, 1.82) is 0 Å². The molecule has 1 amide bonds. The first-order chi connectivity index (χ1) is 9.69. The Morgan fingerprint density at radius 1 is 1.10 bits per heavy atom. The number of piperidine rings is 1. The van der Waals surface area contributed by atoms with Crippen LogP contribution in [0.4, 0.5) is 0 Å². The van der Waals surface area contributed by atoms with Crippen molar-refractivity contribution in [3.05, 3.63) is 0 Å². The minimum absolute atomic E-state index is 0.334. The van der Waals surface area contributed by atoms with Gasteiger partial charge in [-0.1, -0.05) is 13.8 Å². The Morgan fingerprint density at radius 3 is 2.25 bits per heavy atom. The molecule has 1 rings (SSSR count). The van der Waals surface area contributed by atoms with E-state index < -0.39 is 0 Å². The predicted octanol–water partition coefficient (Wildman–Crippen LogP) is 2.11. The predicted molar refractivity (Wildman–Crippen MR) is 83.9 cm³/mol. The first-order valence-corrected chi connectivity index (χ1v) is 8.30. The molecule has 4 nitrogen and oxygen atoms in total. The van der Waals surface area contributed by atoms with Crippen LogP contribution in [0.5, 0.6) is 0 Å². The molecule has 0 bridgehead atoms. The normalized spacial score (nSPS) is 16.6. The summed E-state index contributed by atoms with van der Waals surface area (Å²) >= 11 is 0. The highest BCUT2D eigenvalue weighted by molar-refractivity contribution is 5.76. The molecule has 1 aliphatic heterocycles. The van der Waals surface area contributed by atoms with Gasteiger partial charge in [-0.2, -0.15) is 0 Å². The molecule has 1 aliphatic rings. The third kappa shape index (κ3) is 6.23. The van der Waals surface area contributed by atoms with Gasteiger partial charge in [0, 0.05) is 38.6 Å². The zero-order valence-electron chi connectivity index (χ0n) is 13.6. The molecule has 1 radical (unpaired) electrons. The van der Waals surface area contributed by atoms with Gasteiger partial charge in [-0.3, -0.25) is 4.79 Å². The van der Waals surface area contributed by atoms with Crippen molar-refractivity contribution in [1.82, 2.24) is 15.1 Å². The van der Waals surface area contributed by atoms with E-state index >= 15 is 0 Å². The highest BCUT2D eigenvalue weighted by Gasteiger charge is 2.18. The van der Waals surface area contributed by atoms with Crippen LogP contribution in [-0.2, 0) is 4.79 Å². The molecule has 1 heterocycles. The summed E-state index contributed by atoms with van der Waals surface area (Å²) in [7, 11) is 2.19. The molecule has 0 aromatic heterocycles. The van der Waals surface area contributed by atoms with Crippen LogP contribution >= 0.6 is 0 Å². The lowest BCUT2D eigenvalue weighted by molar-refractivity contribution is -0.131. The number of nitrogens with zero attached hydrogens (tertiary/aromatic N) is 3. The molecule has 0 aliphatic carbocycles. The molecule has 20 heavy (non-hydrogen) atoms. The van der Waals surface area contributed by atoms with E-state index in [-0.39, 0.29) is 0 Å². The fraction of sp³-hybridized carbons (Fsp3) is 0.938. The van der Waals surface area contributed by atoms with Crippen molar-refractivity contribution >= 4 is 5.91 Å². The van der Waals surface area contributed by atoms with Crippen LogP contribution in [-0.4, -0.2) is 61.5 Å². The first kappa shape index (κ1) is 17.4. The topological polar surface area (TPSA) is 37.7 Å². The molecule has 1 fully saturated rings. The Balaban J connectivity index is 2.22. The van der Waals surface area contributed by atoms with E-state index in [4.69, 9.17) is 0 Å². The summed E-state index contributed by atoms with van der Waals surface area (Å²) in [6.07, 6.45) is 6.15. The Kier molecular flexibility index (Phi) is 8.86. The SMILES string of the molecule is CCCN(CCC)C(=O)CCCN(C)C1CC[N]CC1. The van der Waals surface area contributed by atoms with Crippen molar-refractivity contribution in [3.63, 3.8) is 0 Å². The summed E-state index contributed by atoms with van der Waals surface area (Å²) in [5.41, 5.74) is 0. The van der Waals surface area contributed by atoms with Gasteiger partial charge in [0.25, 0.3) is 0 Å². The van der Waals surface area contributed by atoms with Crippen LogP contribution in [0.2, 0.25) is 0 Å². The van der Waals surface area contributed by atoms with Crippen LogP contribution in [0.1, 0.15) is 52.4 Å². The minimum Gasteiger partial charge on any atom is -0.343 e. The van der Waals surface area contributed by atoms with Gasteiger partial charge in [-0.15, -0.1) is 0 Å². The van der Waals surface area contributed by atoms with E-state index in [1.54, 1.807) is 0 Å². The highest BCUT2D eigenvalue weighted by Crippen LogP contribution is 2.11. The van der Waals surface area contributed by atoms with E-state index in [9.17, 15) is 4.79 Å². The lowest BCUT2D eigenvalue weighted by atomic mass is 10.1. The smallest absolute Gasteiger partial charge is 0.222 e. The lowest BCUT2D eigenvalue weighted by Gasteiger charge is -2.31. The van der Waals surface area contributed by atoms with Gasteiger partial charge in [-0.05, 0) is 45.7 Å². The monoisotopic (exact) mass is 282 g/mol. The minimum atomic E-state index is 0.334. The van der Waals surface area contributed by atoms with Crippen molar-refractivity contribution in [2.45, 2.75) is 58.4 Å². The molecule has 0 unspecified atom stereocenters. The third-order valence-corrected chi connectivity index (χ3v) is 4.11. The summed E-state index contributed by atoms with van der Waals surface area (Å²) in [5.74, 6) is 0.334. The molecule has 0 atom stereocenters.